The Kier molecular flexibility index (Phi) is 5.69. The molecule has 0 bridgehead atoms. The Morgan fingerprint density at radius 2 is 1.76 bits per heavy atom. The van der Waals surface area contributed by atoms with Crippen LogP contribution in [0, 0.1) is 5.82 Å². The number of halogens is 1. The molecule has 0 aliphatic carbocycles. The van der Waals surface area contributed by atoms with Crippen molar-refractivity contribution in [3.63, 3.8) is 0 Å². The van der Waals surface area contributed by atoms with Gasteiger partial charge in [0.2, 0.25) is 0 Å². The molecule has 0 amide bonds. The maximum absolute atomic E-state index is 14.9. The number of sulfone groups is 1. The van der Waals surface area contributed by atoms with E-state index in [2.05, 4.69) is 22.0 Å². The predicted octanol–water partition coefficient (Wildman–Crippen LogP) is 3.19. The first-order chi connectivity index (χ1) is 18.5. The summed E-state index contributed by atoms with van der Waals surface area (Å²) in [6.07, 6.45) is 1.74. The Hall–Kier alpha value is -3.38. The molecule has 3 aliphatic heterocycles. The minimum atomic E-state index is -3.92. The molecule has 0 atom stereocenters. The molecule has 0 unspecified atom stereocenters. The second-order valence-electron chi connectivity index (χ2n) is 9.80. The summed E-state index contributed by atoms with van der Waals surface area (Å²) in [5.41, 5.74) is 4.75. The number of ether oxygens (including phenoxy) is 2. The Bertz CT molecular complexity index is 1640. The second kappa shape index (κ2) is 9.12. The summed E-state index contributed by atoms with van der Waals surface area (Å²) in [6.45, 7) is 5.66. The summed E-state index contributed by atoms with van der Waals surface area (Å²) in [4.78, 5) is 6.68. The first-order valence-corrected chi connectivity index (χ1v) is 14.3. The molecule has 38 heavy (non-hydrogen) atoms. The number of nitrogens with zero attached hydrogens (tertiary/aromatic N) is 5. The van der Waals surface area contributed by atoms with E-state index in [1.54, 1.807) is 16.9 Å². The highest BCUT2D eigenvalue weighted by molar-refractivity contribution is 7.91. The summed E-state index contributed by atoms with van der Waals surface area (Å²) in [6, 6.07) is 12.4. The van der Waals surface area contributed by atoms with Crippen molar-refractivity contribution in [1.82, 2.24) is 24.2 Å². The van der Waals surface area contributed by atoms with Gasteiger partial charge in [-0.1, -0.05) is 24.3 Å². The highest BCUT2D eigenvalue weighted by Gasteiger charge is 2.38. The molecule has 11 heteroatoms. The number of hydrogen-bond acceptors (Lipinski definition) is 7. The van der Waals surface area contributed by atoms with Gasteiger partial charge in [-0.2, -0.15) is 5.10 Å². The summed E-state index contributed by atoms with van der Waals surface area (Å²) in [7, 11) is -3.92. The van der Waals surface area contributed by atoms with E-state index in [0.717, 1.165) is 49.8 Å². The minimum absolute atomic E-state index is 0.275. The molecule has 2 aromatic heterocycles. The number of aromatic nitrogens is 4. The average molecular weight is 536 g/mol. The largest absolute Gasteiger partial charge is 0.379 e. The van der Waals surface area contributed by atoms with Crippen molar-refractivity contribution < 1.29 is 22.3 Å². The van der Waals surface area contributed by atoms with Crippen molar-refractivity contribution >= 4 is 9.84 Å². The van der Waals surface area contributed by atoms with Crippen LogP contribution in [0.3, 0.4) is 0 Å². The van der Waals surface area contributed by atoms with Gasteiger partial charge in [0.1, 0.15) is 16.4 Å². The molecule has 1 fully saturated rings. The third kappa shape index (κ3) is 3.89. The lowest BCUT2D eigenvalue weighted by Crippen LogP contribution is -2.35. The maximum atomic E-state index is 14.9. The number of hydrogen-bond donors (Lipinski definition) is 0. The molecule has 2 aromatic carbocycles. The van der Waals surface area contributed by atoms with Crippen molar-refractivity contribution in [2.75, 3.05) is 32.9 Å². The predicted molar refractivity (Wildman–Crippen MR) is 137 cm³/mol. The Labute approximate surface area is 219 Å². The van der Waals surface area contributed by atoms with Crippen molar-refractivity contribution in [3.8, 4) is 28.5 Å². The van der Waals surface area contributed by atoms with E-state index in [-0.39, 0.29) is 10.6 Å². The van der Waals surface area contributed by atoms with Crippen molar-refractivity contribution in [2.24, 2.45) is 0 Å². The lowest BCUT2D eigenvalue weighted by Gasteiger charge is -2.26. The van der Waals surface area contributed by atoms with Gasteiger partial charge >= 0.3 is 0 Å². The van der Waals surface area contributed by atoms with Crippen LogP contribution in [-0.4, -0.2) is 65.6 Å². The van der Waals surface area contributed by atoms with Crippen LogP contribution in [0.1, 0.15) is 16.8 Å². The topological polar surface area (TPSA) is 91.5 Å². The Morgan fingerprint density at radius 1 is 0.974 bits per heavy atom. The molecular weight excluding hydrogens is 509 g/mol. The molecule has 1 saturated heterocycles. The van der Waals surface area contributed by atoms with E-state index in [4.69, 9.17) is 14.6 Å². The zero-order valence-corrected chi connectivity index (χ0v) is 21.5. The van der Waals surface area contributed by atoms with Gasteiger partial charge in [-0.15, -0.1) is 0 Å². The minimum Gasteiger partial charge on any atom is -0.379 e. The molecule has 3 aliphatic rings. The van der Waals surface area contributed by atoms with Gasteiger partial charge < -0.3 is 14.0 Å². The molecule has 9 nitrogen and oxygen atoms in total. The third-order valence-corrected chi connectivity index (χ3v) is 9.11. The van der Waals surface area contributed by atoms with Gasteiger partial charge in [-0.3, -0.25) is 4.90 Å². The van der Waals surface area contributed by atoms with Crippen LogP contribution >= 0.6 is 0 Å². The van der Waals surface area contributed by atoms with Gasteiger partial charge in [0.05, 0.1) is 55.5 Å². The molecule has 0 saturated carbocycles. The maximum Gasteiger partial charge on any atom is 0.186 e. The zero-order valence-electron chi connectivity index (χ0n) is 20.6. The van der Waals surface area contributed by atoms with Crippen molar-refractivity contribution in [2.45, 2.75) is 30.3 Å². The summed E-state index contributed by atoms with van der Waals surface area (Å²) >= 11 is 0. The molecular formula is C27H26FN5O4S. The quantitative estimate of drug-likeness (QED) is 0.396. The van der Waals surface area contributed by atoms with Gasteiger partial charge in [0.25, 0.3) is 0 Å². The van der Waals surface area contributed by atoms with Crippen molar-refractivity contribution in [1.29, 1.82) is 0 Å². The highest BCUT2D eigenvalue weighted by atomic mass is 32.2. The number of fused-ring (bicyclic) bond motifs is 4. The van der Waals surface area contributed by atoms with E-state index in [1.807, 2.05) is 16.7 Å². The summed E-state index contributed by atoms with van der Waals surface area (Å²) in [5, 5.41) is 4.93. The normalized spacial score (nSPS) is 18.6. The van der Waals surface area contributed by atoms with Crippen LogP contribution in [-0.2, 0) is 44.8 Å². The fraction of sp³-hybridized carbons (Fsp3) is 0.333. The molecule has 196 valence electrons. The number of benzene rings is 2. The zero-order chi connectivity index (χ0) is 25.9. The van der Waals surface area contributed by atoms with Gasteiger partial charge in [0.15, 0.2) is 15.7 Å². The molecule has 5 heterocycles. The summed E-state index contributed by atoms with van der Waals surface area (Å²) in [5.74, 6) is -0.504. The van der Waals surface area contributed by atoms with Crippen LogP contribution in [0.15, 0.2) is 53.6 Å². The van der Waals surface area contributed by atoms with Crippen molar-refractivity contribution in [3.05, 3.63) is 71.3 Å². The monoisotopic (exact) mass is 535 g/mol. The van der Waals surface area contributed by atoms with Crippen LogP contribution in [0.4, 0.5) is 4.39 Å². The summed E-state index contributed by atoms with van der Waals surface area (Å²) < 4.78 is 56.3. The molecule has 0 radical (unpaired) electrons. The first kappa shape index (κ1) is 23.7. The van der Waals surface area contributed by atoms with Gasteiger partial charge in [0, 0.05) is 37.3 Å². The molecule has 4 aromatic rings. The standard InChI is InChI=1S/C27H26FN5O4S/c28-23-3-1-2-21-25-22(17-38(34,35)26(21)23)24(27-29-14-20-16-37-13-10-32(20)27)30-33(25)19-6-4-18(5-7-19)15-31-8-11-36-12-9-31/h1-7,14H,8-13,15-17H2. The van der Waals surface area contributed by atoms with E-state index >= 15 is 0 Å². The first-order valence-electron chi connectivity index (χ1n) is 12.6. The SMILES string of the molecule is O=S1(=O)Cc2c(-c3ncc4n3CCOC4)nn(-c3ccc(CN4CCOCC4)cc3)c2-c2cccc(F)c21. The molecule has 0 N–H and O–H groups in total. The van der Waals surface area contributed by atoms with E-state index in [1.165, 1.54) is 12.1 Å². The third-order valence-electron chi connectivity index (χ3n) is 7.40. The molecule has 7 rings (SSSR count). The molecule has 0 spiro atoms. The number of imidazole rings is 1. The highest BCUT2D eigenvalue weighted by Crippen LogP contribution is 2.44. The van der Waals surface area contributed by atoms with E-state index in [0.29, 0.717) is 48.1 Å². The number of morpholine rings is 1. The average Bonchev–Trinajstić information content (AvgIpc) is 3.51. The van der Waals surface area contributed by atoms with Gasteiger partial charge in [-0.05, 0) is 23.8 Å². The smallest absolute Gasteiger partial charge is 0.186 e. The van der Waals surface area contributed by atoms with Crippen LogP contribution < -0.4 is 0 Å². The fourth-order valence-corrected chi connectivity index (χ4v) is 7.22. The second-order valence-corrected chi connectivity index (χ2v) is 11.7. The lowest BCUT2D eigenvalue weighted by atomic mass is 10.0. The van der Waals surface area contributed by atoms with E-state index < -0.39 is 15.7 Å². The fourth-order valence-electron chi connectivity index (χ4n) is 5.56. The van der Waals surface area contributed by atoms with Crippen LogP contribution in [0.2, 0.25) is 0 Å². The lowest BCUT2D eigenvalue weighted by molar-refractivity contribution is 0.0342. The Morgan fingerprint density at radius 3 is 2.58 bits per heavy atom. The van der Waals surface area contributed by atoms with Gasteiger partial charge in [-0.25, -0.2) is 22.5 Å². The number of rotatable bonds is 4. The van der Waals surface area contributed by atoms with E-state index in [9.17, 15) is 12.8 Å². The van der Waals surface area contributed by atoms with Crippen LogP contribution in [0.25, 0.3) is 28.5 Å². The Balaban J connectivity index is 1.38. The van der Waals surface area contributed by atoms with Crippen LogP contribution in [0.5, 0.6) is 0 Å².